The number of aromatic nitrogens is 1. The summed E-state index contributed by atoms with van der Waals surface area (Å²) in [7, 11) is 0. The summed E-state index contributed by atoms with van der Waals surface area (Å²) in [4.78, 5) is 17.5. The van der Waals surface area contributed by atoms with E-state index in [-0.39, 0.29) is 49.2 Å². The topological polar surface area (TPSA) is 74.2 Å². The number of thiophene rings is 1. The minimum absolute atomic E-state index is 0. The molecule has 2 unspecified atom stereocenters. The Morgan fingerprint density at radius 2 is 2.21 bits per heavy atom. The van der Waals surface area contributed by atoms with Gasteiger partial charge in [0.2, 0.25) is 5.91 Å². The second-order valence-electron chi connectivity index (χ2n) is 5.21. The van der Waals surface area contributed by atoms with Gasteiger partial charge in [-0.25, -0.2) is 4.98 Å². The van der Waals surface area contributed by atoms with Crippen molar-refractivity contribution in [3.63, 3.8) is 0 Å². The van der Waals surface area contributed by atoms with Crippen LogP contribution in [0.5, 0.6) is 0 Å². The number of nitrogens with zero attached hydrogens (tertiary/aromatic N) is 1. The number of hydrogen-bond donors (Lipinski definition) is 3. The first-order valence-corrected chi connectivity index (χ1v) is 9.05. The SMILES string of the molecule is Cl.Cl.O=C(Cc1csc(-c2ccc(Cl)s2)n1)NCC1CNCC1O. The lowest BCUT2D eigenvalue weighted by atomic mass is 10.1. The summed E-state index contributed by atoms with van der Waals surface area (Å²) < 4.78 is 0.730. The molecule has 134 valence electrons. The van der Waals surface area contributed by atoms with Crippen molar-refractivity contribution in [1.29, 1.82) is 0 Å². The third-order valence-corrected chi connectivity index (χ3v) is 5.83. The molecule has 1 fully saturated rings. The molecule has 0 aromatic carbocycles. The van der Waals surface area contributed by atoms with E-state index in [0.29, 0.717) is 13.1 Å². The van der Waals surface area contributed by atoms with E-state index < -0.39 is 0 Å². The van der Waals surface area contributed by atoms with E-state index in [1.165, 1.54) is 22.7 Å². The first-order chi connectivity index (χ1) is 10.6. The van der Waals surface area contributed by atoms with Gasteiger partial charge in [-0.1, -0.05) is 11.6 Å². The second kappa shape index (κ2) is 9.91. The molecule has 3 N–H and O–H groups in total. The minimum atomic E-state index is -0.380. The molecule has 0 radical (unpaired) electrons. The molecular weight excluding hydrogens is 413 g/mol. The van der Waals surface area contributed by atoms with Crippen molar-refractivity contribution in [1.82, 2.24) is 15.6 Å². The second-order valence-corrected chi connectivity index (χ2v) is 7.79. The van der Waals surface area contributed by atoms with Crippen LogP contribution in [0.4, 0.5) is 0 Å². The van der Waals surface area contributed by atoms with E-state index in [2.05, 4.69) is 15.6 Å². The fraction of sp³-hybridized carbons (Fsp3) is 0.429. The molecule has 0 bridgehead atoms. The molecule has 0 spiro atoms. The smallest absolute Gasteiger partial charge is 0.226 e. The average molecular weight is 431 g/mol. The van der Waals surface area contributed by atoms with Gasteiger partial charge in [-0.3, -0.25) is 4.79 Å². The van der Waals surface area contributed by atoms with Crippen LogP contribution in [-0.2, 0) is 11.2 Å². The van der Waals surface area contributed by atoms with Gasteiger partial charge in [0.05, 0.1) is 27.4 Å². The van der Waals surface area contributed by atoms with E-state index in [0.717, 1.165) is 26.5 Å². The van der Waals surface area contributed by atoms with Crippen LogP contribution in [0.3, 0.4) is 0 Å². The fourth-order valence-corrected chi connectivity index (χ4v) is 4.26. The van der Waals surface area contributed by atoms with E-state index in [1.807, 2.05) is 17.5 Å². The van der Waals surface area contributed by atoms with E-state index in [1.54, 1.807) is 0 Å². The van der Waals surface area contributed by atoms with Gasteiger partial charge in [-0.15, -0.1) is 47.5 Å². The van der Waals surface area contributed by atoms with E-state index >= 15 is 0 Å². The highest BCUT2D eigenvalue weighted by atomic mass is 35.5. The van der Waals surface area contributed by atoms with Crippen LogP contribution in [0.2, 0.25) is 4.34 Å². The third-order valence-electron chi connectivity index (χ3n) is 3.54. The summed E-state index contributed by atoms with van der Waals surface area (Å²) in [6.45, 7) is 1.82. The van der Waals surface area contributed by atoms with Gasteiger partial charge in [-0.05, 0) is 12.1 Å². The van der Waals surface area contributed by atoms with Crippen molar-refractivity contribution in [3.05, 3.63) is 27.5 Å². The molecule has 3 rings (SSSR count). The van der Waals surface area contributed by atoms with Crippen molar-refractivity contribution in [3.8, 4) is 9.88 Å². The summed E-state index contributed by atoms with van der Waals surface area (Å²) >= 11 is 8.91. The number of nitrogens with one attached hydrogen (secondary N) is 2. The van der Waals surface area contributed by atoms with Crippen molar-refractivity contribution in [2.75, 3.05) is 19.6 Å². The maximum Gasteiger partial charge on any atom is 0.226 e. The highest BCUT2D eigenvalue weighted by Crippen LogP contribution is 2.32. The van der Waals surface area contributed by atoms with Crippen LogP contribution in [0, 0.1) is 5.92 Å². The number of aliphatic hydroxyl groups excluding tert-OH is 1. The summed E-state index contributed by atoms with van der Waals surface area (Å²) in [6, 6.07) is 3.78. The standard InChI is InChI=1S/C14H16ClN3O2S2.2ClH/c15-12-2-1-11(22-12)14-18-9(7-21-14)3-13(20)17-5-8-4-16-6-10(8)19;;/h1-2,7-8,10,16,19H,3-6H2,(H,17,20);2*1H. The van der Waals surface area contributed by atoms with Crippen molar-refractivity contribution < 1.29 is 9.90 Å². The van der Waals surface area contributed by atoms with Crippen LogP contribution in [0.15, 0.2) is 17.5 Å². The molecule has 0 aliphatic carbocycles. The minimum Gasteiger partial charge on any atom is -0.391 e. The Labute approximate surface area is 165 Å². The summed E-state index contributed by atoms with van der Waals surface area (Å²) in [5.74, 6) is 0.0170. The zero-order valence-electron chi connectivity index (χ0n) is 12.5. The number of halogens is 3. The molecule has 2 aromatic heterocycles. The Morgan fingerprint density at radius 1 is 1.42 bits per heavy atom. The highest BCUT2D eigenvalue weighted by molar-refractivity contribution is 7.23. The maximum atomic E-state index is 12.0. The Kier molecular flexibility index (Phi) is 8.94. The molecule has 2 atom stereocenters. The monoisotopic (exact) mass is 429 g/mol. The fourth-order valence-electron chi connectivity index (χ4n) is 2.33. The van der Waals surface area contributed by atoms with Crippen molar-refractivity contribution >= 4 is 65.0 Å². The normalized spacial score (nSPS) is 19.4. The molecule has 1 saturated heterocycles. The number of carbonyl (C=O) groups is 1. The molecular formula is C14H18Cl3N3O2S2. The zero-order chi connectivity index (χ0) is 15.5. The maximum absolute atomic E-state index is 12.0. The molecule has 0 saturated carbocycles. The quantitative estimate of drug-likeness (QED) is 0.681. The Morgan fingerprint density at radius 3 is 2.83 bits per heavy atom. The van der Waals surface area contributed by atoms with Gasteiger partial charge < -0.3 is 15.7 Å². The van der Waals surface area contributed by atoms with Gasteiger partial charge >= 0.3 is 0 Å². The van der Waals surface area contributed by atoms with Crippen LogP contribution in [0.25, 0.3) is 9.88 Å². The molecule has 1 aliphatic heterocycles. The van der Waals surface area contributed by atoms with Gasteiger partial charge in [-0.2, -0.15) is 0 Å². The lowest BCUT2D eigenvalue weighted by Gasteiger charge is -2.13. The molecule has 2 aromatic rings. The number of amides is 1. The summed E-state index contributed by atoms with van der Waals surface area (Å²) in [5, 5.41) is 18.4. The Balaban J connectivity index is 0.00000144. The number of hydrogen-bond acceptors (Lipinski definition) is 6. The Bertz CT molecular complexity index is 665. The van der Waals surface area contributed by atoms with Crippen molar-refractivity contribution in [2.45, 2.75) is 12.5 Å². The van der Waals surface area contributed by atoms with Crippen LogP contribution in [0.1, 0.15) is 5.69 Å². The molecule has 24 heavy (non-hydrogen) atoms. The molecule has 10 heteroatoms. The first kappa shape index (κ1) is 21.6. The van der Waals surface area contributed by atoms with E-state index in [9.17, 15) is 9.90 Å². The predicted molar refractivity (Wildman–Crippen MR) is 104 cm³/mol. The number of β-amino-alcohol motifs (C(OH)–C–C–N with tert-alkyl or cyclic N) is 1. The number of aliphatic hydroxyl groups is 1. The van der Waals surface area contributed by atoms with Crippen molar-refractivity contribution in [2.24, 2.45) is 5.92 Å². The molecule has 3 heterocycles. The summed E-state index contributed by atoms with van der Waals surface area (Å²) in [6.07, 6.45) is -0.124. The summed E-state index contributed by atoms with van der Waals surface area (Å²) in [5.41, 5.74) is 0.757. The molecule has 1 amide bonds. The van der Waals surface area contributed by atoms with E-state index in [4.69, 9.17) is 11.6 Å². The zero-order valence-corrected chi connectivity index (χ0v) is 16.6. The average Bonchev–Trinajstić information content (AvgIpc) is 3.18. The number of rotatable bonds is 5. The van der Waals surface area contributed by atoms with Gasteiger partial charge in [0, 0.05) is 30.9 Å². The first-order valence-electron chi connectivity index (χ1n) is 6.97. The lowest BCUT2D eigenvalue weighted by molar-refractivity contribution is -0.120. The third kappa shape index (κ3) is 5.56. The van der Waals surface area contributed by atoms with Crippen LogP contribution in [-0.4, -0.2) is 41.7 Å². The molecule has 1 aliphatic rings. The highest BCUT2D eigenvalue weighted by Gasteiger charge is 2.25. The number of thiazole rings is 1. The molecule has 5 nitrogen and oxygen atoms in total. The van der Waals surface area contributed by atoms with Gasteiger partial charge in [0.1, 0.15) is 5.01 Å². The van der Waals surface area contributed by atoms with Crippen LogP contribution >= 0.6 is 59.1 Å². The van der Waals surface area contributed by atoms with Gasteiger partial charge in [0.25, 0.3) is 0 Å². The predicted octanol–water partition coefficient (Wildman–Crippen LogP) is 2.61. The van der Waals surface area contributed by atoms with Crippen LogP contribution < -0.4 is 10.6 Å². The Hall–Kier alpha value is -0.410. The largest absolute Gasteiger partial charge is 0.391 e. The van der Waals surface area contributed by atoms with Gasteiger partial charge in [0.15, 0.2) is 0 Å². The lowest BCUT2D eigenvalue weighted by Crippen LogP contribution is -2.35. The number of carbonyl (C=O) groups excluding carboxylic acids is 1.